The Balaban J connectivity index is 2.78. The van der Waals surface area contributed by atoms with Crippen molar-refractivity contribution in [2.75, 3.05) is 5.75 Å². The van der Waals surface area contributed by atoms with Crippen LogP contribution in [0.2, 0.25) is 0 Å². The van der Waals surface area contributed by atoms with E-state index in [0.717, 1.165) is 11.3 Å². The molecule has 8 heteroatoms. The van der Waals surface area contributed by atoms with E-state index in [1.165, 1.54) is 6.07 Å². The number of hydrogen-bond acceptors (Lipinski definition) is 5. The summed E-state index contributed by atoms with van der Waals surface area (Å²) >= 11 is 1.07. The first-order valence-electron chi connectivity index (χ1n) is 6.97. The van der Waals surface area contributed by atoms with Crippen LogP contribution in [0.25, 0.3) is 0 Å². The number of sulfone groups is 1. The molecule has 1 rings (SSSR count). The molecule has 22 heavy (non-hydrogen) atoms. The van der Waals surface area contributed by atoms with Crippen molar-refractivity contribution in [2.24, 2.45) is 5.92 Å². The molecule has 1 amide bonds. The van der Waals surface area contributed by atoms with E-state index in [0.29, 0.717) is 16.2 Å². The van der Waals surface area contributed by atoms with Crippen molar-refractivity contribution >= 4 is 33.1 Å². The van der Waals surface area contributed by atoms with E-state index in [-0.39, 0.29) is 17.4 Å². The first kappa shape index (κ1) is 18.6. The molecule has 0 spiro atoms. The molecule has 1 unspecified atom stereocenters. The van der Waals surface area contributed by atoms with Crippen molar-refractivity contribution in [1.29, 1.82) is 0 Å². The Labute approximate surface area is 134 Å². The molecule has 6 nitrogen and oxygen atoms in total. The molecule has 0 aliphatic heterocycles. The fraction of sp³-hybridized carbons (Fsp3) is 0.571. The number of carbonyl (C=O) groups is 2. The van der Waals surface area contributed by atoms with E-state index in [1.54, 1.807) is 13.0 Å². The van der Waals surface area contributed by atoms with Gasteiger partial charge in [-0.2, -0.15) is 0 Å². The minimum Gasteiger partial charge on any atom is -0.480 e. The summed E-state index contributed by atoms with van der Waals surface area (Å²) in [7, 11) is -3.15. The molecule has 1 aromatic rings. The summed E-state index contributed by atoms with van der Waals surface area (Å²) in [5.41, 5.74) is 0. The highest BCUT2D eigenvalue weighted by atomic mass is 32.2. The number of rotatable bonds is 8. The second-order valence-electron chi connectivity index (χ2n) is 5.44. The Morgan fingerprint density at radius 1 is 1.32 bits per heavy atom. The maximum Gasteiger partial charge on any atom is 0.326 e. The van der Waals surface area contributed by atoms with Crippen LogP contribution in [0.5, 0.6) is 0 Å². The molecule has 0 saturated heterocycles. The quantitative estimate of drug-likeness (QED) is 0.748. The molecule has 0 aromatic carbocycles. The number of hydrogen-bond donors (Lipinski definition) is 2. The standard InChI is InChI=1S/C14H21NO5S2/c1-4-22(19,20)8-10-5-6-12(21-10)13(16)15-11(14(17)18)7-9(2)3/h5-6,9,11H,4,7-8H2,1-3H3,(H,15,16)(H,17,18). The number of carboxylic acids is 1. The van der Waals surface area contributed by atoms with Crippen molar-refractivity contribution in [3.05, 3.63) is 21.9 Å². The first-order valence-corrected chi connectivity index (χ1v) is 9.61. The lowest BCUT2D eigenvalue weighted by atomic mass is 10.0. The molecule has 1 heterocycles. The van der Waals surface area contributed by atoms with Gasteiger partial charge in [-0.15, -0.1) is 11.3 Å². The normalized spacial score (nSPS) is 13.1. The maximum atomic E-state index is 12.1. The average molecular weight is 347 g/mol. The Morgan fingerprint density at radius 3 is 2.45 bits per heavy atom. The van der Waals surface area contributed by atoms with Gasteiger partial charge in [0.1, 0.15) is 6.04 Å². The van der Waals surface area contributed by atoms with Crippen molar-refractivity contribution in [3.8, 4) is 0 Å². The van der Waals surface area contributed by atoms with Gasteiger partial charge in [-0.05, 0) is 24.5 Å². The molecule has 2 N–H and O–H groups in total. The van der Waals surface area contributed by atoms with Crippen LogP contribution in [0.15, 0.2) is 12.1 Å². The molecular weight excluding hydrogens is 326 g/mol. The smallest absolute Gasteiger partial charge is 0.326 e. The van der Waals surface area contributed by atoms with Gasteiger partial charge in [0.05, 0.1) is 10.6 Å². The highest BCUT2D eigenvalue weighted by Crippen LogP contribution is 2.19. The monoisotopic (exact) mass is 347 g/mol. The van der Waals surface area contributed by atoms with Gasteiger partial charge in [-0.3, -0.25) is 4.79 Å². The van der Waals surface area contributed by atoms with Crippen molar-refractivity contribution in [1.82, 2.24) is 5.32 Å². The Bertz CT molecular complexity index is 633. The SMILES string of the molecule is CCS(=O)(=O)Cc1ccc(C(=O)NC(CC(C)C)C(=O)O)s1. The third-order valence-electron chi connectivity index (χ3n) is 3.00. The molecule has 1 aromatic heterocycles. The summed E-state index contributed by atoms with van der Waals surface area (Å²) in [5.74, 6) is -1.49. The highest BCUT2D eigenvalue weighted by Gasteiger charge is 2.22. The van der Waals surface area contributed by atoms with Crippen LogP contribution < -0.4 is 5.32 Å². The number of thiophene rings is 1. The zero-order valence-corrected chi connectivity index (χ0v) is 14.5. The van der Waals surface area contributed by atoms with Crippen molar-refractivity contribution in [3.63, 3.8) is 0 Å². The van der Waals surface area contributed by atoms with E-state index in [2.05, 4.69) is 5.32 Å². The van der Waals surface area contributed by atoms with E-state index >= 15 is 0 Å². The van der Waals surface area contributed by atoms with Crippen LogP contribution >= 0.6 is 11.3 Å². The predicted octanol–water partition coefficient (Wildman–Crippen LogP) is 1.91. The minimum atomic E-state index is -3.15. The van der Waals surface area contributed by atoms with Gasteiger partial charge in [0.2, 0.25) is 0 Å². The fourth-order valence-corrected chi connectivity index (χ4v) is 4.03. The van der Waals surface area contributed by atoms with Crippen LogP contribution in [-0.4, -0.2) is 37.2 Å². The van der Waals surface area contributed by atoms with Gasteiger partial charge < -0.3 is 10.4 Å². The van der Waals surface area contributed by atoms with Crippen LogP contribution in [0.3, 0.4) is 0 Å². The van der Waals surface area contributed by atoms with Crippen LogP contribution in [-0.2, 0) is 20.4 Å². The zero-order valence-electron chi connectivity index (χ0n) is 12.8. The number of carbonyl (C=O) groups excluding carboxylic acids is 1. The first-order chi connectivity index (χ1) is 10.1. The number of nitrogens with one attached hydrogen (secondary N) is 1. The zero-order chi connectivity index (χ0) is 16.9. The van der Waals surface area contributed by atoms with Crippen LogP contribution in [0.1, 0.15) is 41.7 Å². The maximum absolute atomic E-state index is 12.1. The third-order valence-corrected chi connectivity index (χ3v) is 5.90. The summed E-state index contributed by atoms with van der Waals surface area (Å²) < 4.78 is 23.1. The van der Waals surface area contributed by atoms with Gasteiger partial charge in [-0.25, -0.2) is 13.2 Å². The Hall–Kier alpha value is -1.41. The molecule has 0 aliphatic rings. The summed E-state index contributed by atoms with van der Waals surface area (Å²) in [4.78, 5) is 24.1. The fourth-order valence-electron chi connectivity index (χ4n) is 1.82. The van der Waals surface area contributed by atoms with Gasteiger partial charge in [-0.1, -0.05) is 20.8 Å². The molecule has 1 atom stereocenters. The lowest BCUT2D eigenvalue weighted by Crippen LogP contribution is -2.41. The van der Waals surface area contributed by atoms with E-state index < -0.39 is 27.8 Å². The van der Waals surface area contributed by atoms with Gasteiger partial charge >= 0.3 is 5.97 Å². The topological polar surface area (TPSA) is 101 Å². The van der Waals surface area contributed by atoms with Gasteiger partial charge in [0, 0.05) is 10.6 Å². The second-order valence-corrected chi connectivity index (χ2v) is 8.96. The molecule has 124 valence electrons. The van der Waals surface area contributed by atoms with E-state index in [4.69, 9.17) is 5.11 Å². The van der Waals surface area contributed by atoms with Crippen LogP contribution in [0.4, 0.5) is 0 Å². The molecule has 0 aliphatic carbocycles. The summed E-state index contributed by atoms with van der Waals surface area (Å²) in [5, 5.41) is 11.6. The lowest BCUT2D eigenvalue weighted by Gasteiger charge is -2.15. The average Bonchev–Trinajstić information content (AvgIpc) is 2.85. The number of amides is 1. The molecule has 0 saturated carbocycles. The Morgan fingerprint density at radius 2 is 1.95 bits per heavy atom. The predicted molar refractivity (Wildman–Crippen MR) is 85.8 cm³/mol. The van der Waals surface area contributed by atoms with E-state index in [1.807, 2.05) is 13.8 Å². The van der Waals surface area contributed by atoms with Gasteiger partial charge in [0.25, 0.3) is 5.91 Å². The summed E-state index contributed by atoms with van der Waals surface area (Å²) in [6, 6.07) is 2.16. The third kappa shape index (κ3) is 5.76. The molecule has 0 fully saturated rings. The summed E-state index contributed by atoms with van der Waals surface area (Å²) in [6.07, 6.45) is 0.337. The largest absolute Gasteiger partial charge is 0.480 e. The van der Waals surface area contributed by atoms with E-state index in [9.17, 15) is 18.0 Å². The minimum absolute atomic E-state index is 0.0436. The lowest BCUT2D eigenvalue weighted by molar-refractivity contribution is -0.139. The van der Waals surface area contributed by atoms with Crippen LogP contribution in [0, 0.1) is 5.92 Å². The second kappa shape index (κ2) is 7.73. The van der Waals surface area contributed by atoms with Crippen molar-refractivity contribution < 1.29 is 23.1 Å². The van der Waals surface area contributed by atoms with Crippen molar-refractivity contribution in [2.45, 2.75) is 39.0 Å². The molecule has 0 radical (unpaired) electrons. The number of aliphatic carboxylic acids is 1. The van der Waals surface area contributed by atoms with Gasteiger partial charge in [0.15, 0.2) is 9.84 Å². The molecule has 0 bridgehead atoms. The molecular formula is C14H21NO5S2. The Kier molecular flexibility index (Phi) is 6.55. The number of carboxylic acid groups (broad SMARTS) is 1. The highest BCUT2D eigenvalue weighted by molar-refractivity contribution is 7.90. The summed E-state index contributed by atoms with van der Waals surface area (Å²) in [6.45, 7) is 5.32.